The van der Waals surface area contributed by atoms with Crippen LogP contribution in [0.4, 0.5) is 10.2 Å². The molecule has 16 heavy (non-hydrogen) atoms. The Balaban J connectivity index is 2.02. The first kappa shape index (κ1) is 9.33. The summed E-state index contributed by atoms with van der Waals surface area (Å²) in [6.07, 6.45) is 2.22. The van der Waals surface area contributed by atoms with Gasteiger partial charge in [0.25, 0.3) is 0 Å². The summed E-state index contributed by atoms with van der Waals surface area (Å²) in [5.74, 6) is 0.297. The van der Waals surface area contributed by atoms with E-state index in [1.54, 1.807) is 16.8 Å². The number of nitrogen functional groups attached to an aromatic ring is 1. The molecule has 0 aliphatic heterocycles. The van der Waals surface area contributed by atoms with E-state index < -0.39 is 0 Å². The molecular formula is C11H11FN4. The number of hydrogen-bond donors (Lipinski definition) is 1. The molecule has 0 spiro atoms. The summed E-state index contributed by atoms with van der Waals surface area (Å²) < 4.78 is 14.5. The fourth-order valence-electron chi connectivity index (χ4n) is 1.70. The van der Waals surface area contributed by atoms with Gasteiger partial charge >= 0.3 is 0 Å². The average molecular weight is 218 g/mol. The van der Waals surface area contributed by atoms with E-state index >= 15 is 0 Å². The van der Waals surface area contributed by atoms with Crippen molar-refractivity contribution in [3.63, 3.8) is 0 Å². The summed E-state index contributed by atoms with van der Waals surface area (Å²) in [6.45, 7) is 0. The Hall–Kier alpha value is -1.91. The van der Waals surface area contributed by atoms with Crippen molar-refractivity contribution in [1.29, 1.82) is 0 Å². The van der Waals surface area contributed by atoms with Crippen molar-refractivity contribution >= 4 is 5.82 Å². The number of hydrogen-bond acceptors (Lipinski definition) is 3. The topological polar surface area (TPSA) is 56.7 Å². The smallest absolute Gasteiger partial charge is 0.150 e. The monoisotopic (exact) mass is 218 g/mol. The van der Waals surface area contributed by atoms with E-state index in [1.165, 1.54) is 12.1 Å². The van der Waals surface area contributed by atoms with Gasteiger partial charge in [-0.3, -0.25) is 0 Å². The molecule has 4 nitrogen and oxygen atoms in total. The maximum absolute atomic E-state index is 12.8. The van der Waals surface area contributed by atoms with Crippen LogP contribution in [0.5, 0.6) is 0 Å². The highest BCUT2D eigenvalue weighted by Crippen LogP contribution is 2.37. The molecule has 0 bridgehead atoms. The molecule has 0 saturated heterocycles. The van der Waals surface area contributed by atoms with Crippen LogP contribution >= 0.6 is 0 Å². The van der Waals surface area contributed by atoms with Gasteiger partial charge in [0.05, 0.1) is 6.04 Å². The van der Waals surface area contributed by atoms with Crippen molar-refractivity contribution in [3.05, 3.63) is 30.1 Å². The SMILES string of the molecule is Nc1c(-c2ccc(F)cc2)nnn1C1CC1. The molecule has 0 amide bonds. The molecule has 1 aromatic heterocycles. The zero-order chi connectivity index (χ0) is 11.1. The van der Waals surface area contributed by atoms with Gasteiger partial charge in [0.15, 0.2) is 5.82 Å². The average Bonchev–Trinajstić information content (AvgIpc) is 3.05. The van der Waals surface area contributed by atoms with Crippen LogP contribution in [0.15, 0.2) is 24.3 Å². The number of nitrogens with two attached hydrogens (primary N) is 1. The fraction of sp³-hybridized carbons (Fsp3) is 0.273. The third kappa shape index (κ3) is 1.44. The number of rotatable bonds is 2. The molecular weight excluding hydrogens is 207 g/mol. The largest absolute Gasteiger partial charge is 0.382 e. The van der Waals surface area contributed by atoms with E-state index in [1.807, 2.05) is 0 Å². The molecule has 82 valence electrons. The third-order valence-electron chi connectivity index (χ3n) is 2.74. The van der Waals surface area contributed by atoms with Gasteiger partial charge in [0.2, 0.25) is 0 Å². The molecule has 1 fully saturated rings. The summed E-state index contributed by atoms with van der Waals surface area (Å²) in [5, 5.41) is 8.07. The maximum atomic E-state index is 12.8. The minimum atomic E-state index is -0.267. The van der Waals surface area contributed by atoms with Gasteiger partial charge in [0.1, 0.15) is 11.5 Å². The van der Waals surface area contributed by atoms with Crippen molar-refractivity contribution in [2.24, 2.45) is 0 Å². The van der Waals surface area contributed by atoms with Crippen molar-refractivity contribution in [1.82, 2.24) is 15.0 Å². The van der Waals surface area contributed by atoms with Crippen molar-refractivity contribution < 1.29 is 4.39 Å². The zero-order valence-electron chi connectivity index (χ0n) is 8.60. The second-order valence-corrected chi connectivity index (χ2v) is 4.01. The third-order valence-corrected chi connectivity index (χ3v) is 2.74. The molecule has 1 heterocycles. The Bertz CT molecular complexity index is 513. The Kier molecular flexibility index (Phi) is 1.92. The van der Waals surface area contributed by atoms with E-state index in [9.17, 15) is 4.39 Å². The highest BCUT2D eigenvalue weighted by Gasteiger charge is 2.28. The fourth-order valence-corrected chi connectivity index (χ4v) is 1.70. The number of benzene rings is 1. The lowest BCUT2D eigenvalue weighted by Gasteiger charge is -2.00. The number of aromatic nitrogens is 3. The Morgan fingerprint density at radius 3 is 2.56 bits per heavy atom. The lowest BCUT2D eigenvalue weighted by molar-refractivity contribution is 0.619. The summed E-state index contributed by atoms with van der Waals surface area (Å²) in [6, 6.07) is 6.51. The summed E-state index contributed by atoms with van der Waals surface area (Å²) in [4.78, 5) is 0. The predicted octanol–water partition coefficient (Wildman–Crippen LogP) is 2.00. The molecule has 1 saturated carbocycles. The van der Waals surface area contributed by atoms with Crippen LogP contribution in [0.1, 0.15) is 18.9 Å². The van der Waals surface area contributed by atoms with E-state index in [4.69, 9.17) is 5.73 Å². The molecule has 5 heteroatoms. The molecule has 3 rings (SSSR count). The molecule has 1 aliphatic rings. The van der Waals surface area contributed by atoms with Gasteiger partial charge in [-0.15, -0.1) is 5.10 Å². The van der Waals surface area contributed by atoms with Crippen LogP contribution in [0, 0.1) is 5.82 Å². The van der Waals surface area contributed by atoms with Crippen LogP contribution in [0.2, 0.25) is 0 Å². The normalized spacial score (nSPS) is 15.3. The number of anilines is 1. The highest BCUT2D eigenvalue weighted by atomic mass is 19.1. The molecule has 0 atom stereocenters. The van der Waals surface area contributed by atoms with Gasteiger partial charge in [-0.2, -0.15) is 0 Å². The van der Waals surface area contributed by atoms with Crippen LogP contribution in [0.25, 0.3) is 11.3 Å². The first-order chi connectivity index (χ1) is 7.75. The zero-order valence-corrected chi connectivity index (χ0v) is 8.60. The second-order valence-electron chi connectivity index (χ2n) is 4.01. The van der Waals surface area contributed by atoms with E-state index in [0.29, 0.717) is 17.6 Å². The molecule has 1 aromatic carbocycles. The van der Waals surface area contributed by atoms with E-state index in [2.05, 4.69) is 10.3 Å². The Labute approximate surface area is 91.9 Å². The molecule has 2 aromatic rings. The van der Waals surface area contributed by atoms with Crippen molar-refractivity contribution in [2.45, 2.75) is 18.9 Å². The summed E-state index contributed by atoms with van der Waals surface area (Å²) in [7, 11) is 0. The lowest BCUT2D eigenvalue weighted by Crippen LogP contribution is -2.02. The van der Waals surface area contributed by atoms with Gasteiger partial charge < -0.3 is 5.73 Å². The van der Waals surface area contributed by atoms with Crippen LogP contribution in [0.3, 0.4) is 0 Å². The number of halogens is 1. The van der Waals surface area contributed by atoms with Crippen LogP contribution in [-0.2, 0) is 0 Å². The Morgan fingerprint density at radius 1 is 1.25 bits per heavy atom. The minimum Gasteiger partial charge on any atom is -0.382 e. The first-order valence-corrected chi connectivity index (χ1v) is 5.22. The standard InChI is InChI=1S/C11H11FN4/c12-8-3-1-7(2-4-8)10-11(13)16(15-14-10)9-5-6-9/h1-4,9H,5-6,13H2. The van der Waals surface area contributed by atoms with Crippen molar-refractivity contribution in [3.8, 4) is 11.3 Å². The van der Waals surface area contributed by atoms with Gasteiger partial charge in [0, 0.05) is 5.56 Å². The van der Waals surface area contributed by atoms with Gasteiger partial charge in [-0.1, -0.05) is 5.21 Å². The van der Waals surface area contributed by atoms with Gasteiger partial charge in [-0.05, 0) is 37.1 Å². The molecule has 0 unspecified atom stereocenters. The van der Waals surface area contributed by atoms with Gasteiger partial charge in [-0.25, -0.2) is 9.07 Å². The molecule has 0 radical (unpaired) electrons. The van der Waals surface area contributed by atoms with Crippen LogP contribution in [-0.4, -0.2) is 15.0 Å². The highest BCUT2D eigenvalue weighted by molar-refractivity contribution is 5.69. The predicted molar refractivity (Wildman–Crippen MR) is 58.1 cm³/mol. The summed E-state index contributed by atoms with van der Waals surface area (Å²) in [5.41, 5.74) is 7.39. The maximum Gasteiger partial charge on any atom is 0.150 e. The molecule has 2 N–H and O–H groups in total. The van der Waals surface area contributed by atoms with E-state index in [-0.39, 0.29) is 5.82 Å². The molecule has 1 aliphatic carbocycles. The lowest BCUT2D eigenvalue weighted by atomic mass is 10.1. The summed E-state index contributed by atoms with van der Waals surface area (Å²) >= 11 is 0. The first-order valence-electron chi connectivity index (χ1n) is 5.22. The minimum absolute atomic E-state index is 0.267. The Morgan fingerprint density at radius 2 is 1.94 bits per heavy atom. The quantitative estimate of drug-likeness (QED) is 0.838. The van der Waals surface area contributed by atoms with E-state index in [0.717, 1.165) is 18.4 Å². The second kappa shape index (κ2) is 3.30. The van der Waals surface area contributed by atoms with Crippen LogP contribution < -0.4 is 5.73 Å². The van der Waals surface area contributed by atoms with Crippen molar-refractivity contribution in [2.75, 3.05) is 5.73 Å². The number of nitrogens with zero attached hydrogens (tertiary/aromatic N) is 3.